The molecule has 2 heteroatoms. The molecule has 1 aromatic heterocycles. The van der Waals surface area contributed by atoms with E-state index >= 15 is 0 Å². The van der Waals surface area contributed by atoms with Crippen molar-refractivity contribution in [2.75, 3.05) is 0 Å². The molecule has 0 saturated heterocycles. The smallest absolute Gasteiger partial charge is 0.247 e. The van der Waals surface area contributed by atoms with Gasteiger partial charge in [0.1, 0.15) is 0 Å². The maximum absolute atomic E-state index is 6.84. The highest BCUT2D eigenvalue weighted by Crippen LogP contribution is 2.18. The molecule has 0 radical (unpaired) electrons. The van der Waals surface area contributed by atoms with Gasteiger partial charge in [-0.2, -0.15) is 0 Å². The predicted octanol–water partition coefficient (Wildman–Crippen LogP) is 2.37. The Morgan fingerprint density at radius 2 is 2.36 bits per heavy atom. The first-order chi connectivity index (χ1) is 5.25. The van der Waals surface area contributed by atoms with Crippen molar-refractivity contribution in [3.8, 4) is 0 Å². The number of aromatic nitrogens is 1. The summed E-state index contributed by atoms with van der Waals surface area (Å²) in [6.07, 6.45) is 3.51. The highest BCUT2D eigenvalue weighted by Gasteiger charge is 2.10. The summed E-state index contributed by atoms with van der Waals surface area (Å²) in [6, 6.07) is 1.86. The summed E-state index contributed by atoms with van der Waals surface area (Å²) in [5.41, 5.74) is 2.17. The number of hydrogen-bond donors (Lipinski definition) is 0. The van der Waals surface area contributed by atoms with Gasteiger partial charge in [-0.05, 0) is 18.6 Å². The van der Waals surface area contributed by atoms with E-state index in [-0.39, 0.29) is 6.04 Å². The lowest BCUT2D eigenvalue weighted by molar-refractivity contribution is 0.932. The molecule has 1 rings (SSSR count). The fraction of sp³-hybridized carbons (Fsp3) is 0.333. The largest absolute Gasteiger partial charge is 0.309 e. The molecule has 11 heavy (non-hydrogen) atoms. The Morgan fingerprint density at radius 3 is 2.91 bits per heavy atom. The highest BCUT2D eigenvalue weighted by molar-refractivity contribution is 5.26. The van der Waals surface area contributed by atoms with Crippen LogP contribution in [0.25, 0.3) is 4.85 Å². The van der Waals surface area contributed by atoms with Crippen LogP contribution in [0.1, 0.15) is 24.1 Å². The van der Waals surface area contributed by atoms with E-state index in [1.807, 2.05) is 19.9 Å². The zero-order valence-electron chi connectivity index (χ0n) is 6.70. The van der Waals surface area contributed by atoms with Gasteiger partial charge in [0.05, 0.1) is 5.56 Å². The summed E-state index contributed by atoms with van der Waals surface area (Å²) in [5.74, 6) is 0. The molecular weight excluding hydrogens is 136 g/mol. The van der Waals surface area contributed by atoms with Gasteiger partial charge in [-0.1, -0.05) is 0 Å². The number of nitrogens with zero attached hydrogens (tertiary/aromatic N) is 2. The standard InChI is InChI=1S/C9H10N2/c1-7-4-5-11-6-9(7)8(2)10-3/h4-6,8H,1-2H3. The first-order valence-electron chi connectivity index (χ1n) is 3.52. The van der Waals surface area contributed by atoms with E-state index in [1.54, 1.807) is 12.4 Å². The summed E-state index contributed by atoms with van der Waals surface area (Å²) < 4.78 is 0. The summed E-state index contributed by atoms with van der Waals surface area (Å²) in [7, 11) is 0. The Morgan fingerprint density at radius 1 is 1.64 bits per heavy atom. The van der Waals surface area contributed by atoms with Gasteiger partial charge in [0, 0.05) is 19.3 Å². The van der Waals surface area contributed by atoms with Crippen molar-refractivity contribution in [2.24, 2.45) is 0 Å². The zero-order chi connectivity index (χ0) is 8.27. The van der Waals surface area contributed by atoms with Crippen molar-refractivity contribution in [1.82, 2.24) is 4.98 Å². The first-order valence-corrected chi connectivity index (χ1v) is 3.52. The van der Waals surface area contributed by atoms with Crippen LogP contribution in [0.15, 0.2) is 18.5 Å². The zero-order valence-corrected chi connectivity index (χ0v) is 6.70. The number of hydrogen-bond acceptors (Lipinski definition) is 1. The minimum atomic E-state index is -0.0660. The van der Waals surface area contributed by atoms with Crippen LogP contribution in [-0.4, -0.2) is 4.98 Å². The van der Waals surface area contributed by atoms with E-state index in [1.165, 1.54) is 0 Å². The SMILES string of the molecule is [C-]#[N+]C(C)c1cnccc1C. The Balaban J connectivity index is 3.05. The second-order valence-corrected chi connectivity index (χ2v) is 2.54. The molecule has 0 N–H and O–H groups in total. The maximum atomic E-state index is 6.84. The van der Waals surface area contributed by atoms with Crippen molar-refractivity contribution >= 4 is 0 Å². The van der Waals surface area contributed by atoms with Crippen LogP contribution >= 0.6 is 0 Å². The van der Waals surface area contributed by atoms with Crippen LogP contribution in [0.4, 0.5) is 0 Å². The fourth-order valence-electron chi connectivity index (χ4n) is 0.983. The number of pyridine rings is 1. The molecule has 0 amide bonds. The Bertz CT molecular complexity index is 286. The molecule has 0 saturated carbocycles. The molecule has 0 aromatic carbocycles. The van der Waals surface area contributed by atoms with Gasteiger partial charge < -0.3 is 4.85 Å². The van der Waals surface area contributed by atoms with Crippen molar-refractivity contribution < 1.29 is 0 Å². The lowest BCUT2D eigenvalue weighted by Crippen LogP contribution is -1.91. The molecule has 2 nitrogen and oxygen atoms in total. The van der Waals surface area contributed by atoms with Gasteiger partial charge in [0.15, 0.2) is 0 Å². The van der Waals surface area contributed by atoms with Crippen LogP contribution in [0.2, 0.25) is 0 Å². The lowest BCUT2D eigenvalue weighted by atomic mass is 10.1. The van der Waals surface area contributed by atoms with Gasteiger partial charge in [0.2, 0.25) is 6.04 Å². The Kier molecular flexibility index (Phi) is 2.22. The van der Waals surface area contributed by atoms with E-state index in [4.69, 9.17) is 6.57 Å². The third-order valence-electron chi connectivity index (χ3n) is 1.72. The molecule has 0 aliphatic carbocycles. The third-order valence-corrected chi connectivity index (χ3v) is 1.72. The molecule has 1 aromatic rings. The summed E-state index contributed by atoms with van der Waals surface area (Å²) in [5, 5.41) is 0. The topological polar surface area (TPSA) is 17.2 Å². The Labute approximate surface area is 66.7 Å². The molecule has 1 unspecified atom stereocenters. The highest BCUT2D eigenvalue weighted by atomic mass is 14.7. The molecule has 0 fully saturated rings. The van der Waals surface area contributed by atoms with Gasteiger partial charge in [-0.3, -0.25) is 4.98 Å². The van der Waals surface area contributed by atoms with Crippen LogP contribution in [-0.2, 0) is 0 Å². The lowest BCUT2D eigenvalue weighted by Gasteiger charge is -2.01. The average Bonchev–Trinajstić information content (AvgIpc) is 2.04. The number of aryl methyl sites for hydroxylation is 1. The molecule has 1 atom stereocenters. The van der Waals surface area contributed by atoms with E-state index in [0.717, 1.165) is 11.1 Å². The van der Waals surface area contributed by atoms with E-state index < -0.39 is 0 Å². The van der Waals surface area contributed by atoms with Gasteiger partial charge in [0.25, 0.3) is 0 Å². The van der Waals surface area contributed by atoms with E-state index in [2.05, 4.69) is 9.83 Å². The van der Waals surface area contributed by atoms with Crippen LogP contribution in [0.3, 0.4) is 0 Å². The summed E-state index contributed by atoms with van der Waals surface area (Å²) in [4.78, 5) is 7.40. The molecule has 1 heterocycles. The van der Waals surface area contributed by atoms with Crippen LogP contribution in [0.5, 0.6) is 0 Å². The Hall–Kier alpha value is -1.36. The molecule has 0 bridgehead atoms. The normalized spacial score (nSPS) is 12.1. The minimum Gasteiger partial charge on any atom is -0.309 e. The van der Waals surface area contributed by atoms with Crippen molar-refractivity contribution in [1.29, 1.82) is 0 Å². The number of rotatable bonds is 1. The molecular formula is C9H10N2. The van der Waals surface area contributed by atoms with Crippen molar-refractivity contribution in [3.63, 3.8) is 0 Å². The summed E-state index contributed by atoms with van der Waals surface area (Å²) >= 11 is 0. The molecule has 0 aliphatic heterocycles. The third kappa shape index (κ3) is 1.56. The van der Waals surface area contributed by atoms with Crippen LogP contribution < -0.4 is 0 Å². The van der Waals surface area contributed by atoms with Crippen LogP contribution in [0, 0.1) is 13.5 Å². The second kappa shape index (κ2) is 3.16. The quantitative estimate of drug-likeness (QED) is 0.556. The van der Waals surface area contributed by atoms with Crippen molar-refractivity contribution in [2.45, 2.75) is 19.9 Å². The van der Waals surface area contributed by atoms with E-state index in [0.29, 0.717) is 0 Å². The van der Waals surface area contributed by atoms with Crippen molar-refractivity contribution in [3.05, 3.63) is 41.0 Å². The van der Waals surface area contributed by atoms with E-state index in [9.17, 15) is 0 Å². The van der Waals surface area contributed by atoms with Gasteiger partial charge in [-0.15, -0.1) is 0 Å². The minimum absolute atomic E-state index is 0.0660. The average molecular weight is 146 g/mol. The molecule has 0 aliphatic rings. The summed E-state index contributed by atoms with van der Waals surface area (Å²) in [6.45, 7) is 10.7. The van der Waals surface area contributed by atoms with Gasteiger partial charge >= 0.3 is 0 Å². The first kappa shape index (κ1) is 7.74. The fourth-order valence-corrected chi connectivity index (χ4v) is 0.983. The monoisotopic (exact) mass is 146 g/mol. The second-order valence-electron chi connectivity index (χ2n) is 2.54. The molecule has 0 spiro atoms. The predicted molar refractivity (Wildman–Crippen MR) is 44.0 cm³/mol. The molecule has 56 valence electrons. The maximum Gasteiger partial charge on any atom is 0.247 e. The van der Waals surface area contributed by atoms with Gasteiger partial charge in [-0.25, -0.2) is 6.57 Å².